The van der Waals surface area contributed by atoms with Crippen LogP contribution in [0, 0.1) is 0 Å². The van der Waals surface area contributed by atoms with Crippen LogP contribution in [0.1, 0.15) is 32.7 Å². The minimum atomic E-state index is -3.49. The van der Waals surface area contributed by atoms with Crippen molar-refractivity contribution < 1.29 is 27.5 Å². The number of carbonyl (C=O) groups excluding carboxylic acids is 3. The van der Waals surface area contributed by atoms with Gasteiger partial charge in [-0.15, -0.1) is 0 Å². The van der Waals surface area contributed by atoms with Gasteiger partial charge in [0.25, 0.3) is 11.8 Å². The van der Waals surface area contributed by atoms with Gasteiger partial charge in [-0.05, 0) is 41.0 Å². The van der Waals surface area contributed by atoms with Gasteiger partial charge in [-0.2, -0.15) is 0 Å². The van der Waals surface area contributed by atoms with E-state index < -0.39 is 39.4 Å². The number of rotatable bonds is 7. The molecule has 1 aliphatic heterocycles. The molecule has 0 aliphatic carbocycles. The zero-order valence-electron chi connectivity index (χ0n) is 18.0. The second-order valence-corrected chi connectivity index (χ2v) is 11.1. The Morgan fingerprint density at radius 1 is 0.941 bits per heavy atom. The van der Waals surface area contributed by atoms with E-state index in [1.807, 2.05) is 36.4 Å². The second kappa shape index (κ2) is 9.37. The van der Waals surface area contributed by atoms with E-state index in [0.717, 1.165) is 21.9 Å². The van der Waals surface area contributed by atoms with Gasteiger partial charge in [0.1, 0.15) is 22.5 Å². The zero-order valence-corrected chi connectivity index (χ0v) is 20.3. The number of amides is 2. The molecule has 0 spiro atoms. The third-order valence-electron chi connectivity index (χ3n) is 5.50. The van der Waals surface area contributed by atoms with E-state index in [2.05, 4.69) is 0 Å². The van der Waals surface area contributed by atoms with Crippen LogP contribution in [0.3, 0.4) is 0 Å². The summed E-state index contributed by atoms with van der Waals surface area (Å²) in [6, 6.07) is 14.3. The maximum absolute atomic E-state index is 13.0. The fourth-order valence-electron chi connectivity index (χ4n) is 3.79. The van der Waals surface area contributed by atoms with Crippen LogP contribution in [0.4, 0.5) is 0 Å². The molecule has 3 aromatic rings. The standard InChI is InChI=1S/C24H19Cl2NO6S/c1-34(31,32)9-8-21(27-22(28)17-11-19(25)20(26)12-18(17)23(27)29)24(30)33-13-14-6-7-15-4-2-3-5-16(15)10-14/h2-7,10-12,21H,8-9,13H2,1H3/t21-/m1/s1. The number of nitrogens with zero attached hydrogens (tertiary/aromatic N) is 1. The Morgan fingerprint density at radius 3 is 2.12 bits per heavy atom. The molecule has 176 valence electrons. The molecule has 1 atom stereocenters. The van der Waals surface area contributed by atoms with Gasteiger partial charge in [-0.3, -0.25) is 14.5 Å². The summed E-state index contributed by atoms with van der Waals surface area (Å²) in [6.07, 6.45) is 0.703. The Labute approximate surface area is 206 Å². The molecule has 0 radical (unpaired) electrons. The topological polar surface area (TPSA) is 97.8 Å². The molecule has 10 heteroatoms. The molecule has 0 saturated carbocycles. The summed E-state index contributed by atoms with van der Waals surface area (Å²) in [6.45, 7) is -0.111. The number of carbonyl (C=O) groups is 3. The molecule has 0 unspecified atom stereocenters. The van der Waals surface area contributed by atoms with Crippen molar-refractivity contribution in [1.29, 1.82) is 0 Å². The third kappa shape index (κ3) is 4.94. The van der Waals surface area contributed by atoms with Crippen LogP contribution in [0.2, 0.25) is 10.0 Å². The molecule has 0 N–H and O–H groups in total. The molecule has 7 nitrogen and oxygen atoms in total. The average Bonchev–Trinajstić information content (AvgIpc) is 3.01. The summed E-state index contributed by atoms with van der Waals surface area (Å²) in [5.74, 6) is -2.83. The first-order valence-corrected chi connectivity index (χ1v) is 13.1. The average molecular weight is 520 g/mol. The van der Waals surface area contributed by atoms with Gasteiger partial charge in [-0.1, -0.05) is 59.6 Å². The highest BCUT2D eigenvalue weighted by atomic mass is 35.5. The molecule has 0 aromatic heterocycles. The van der Waals surface area contributed by atoms with E-state index in [9.17, 15) is 22.8 Å². The molecule has 0 bridgehead atoms. The van der Waals surface area contributed by atoms with E-state index in [-0.39, 0.29) is 34.2 Å². The quantitative estimate of drug-likeness (QED) is 0.341. The fourth-order valence-corrected chi connectivity index (χ4v) is 4.77. The van der Waals surface area contributed by atoms with Crippen LogP contribution >= 0.6 is 23.2 Å². The maximum atomic E-state index is 13.0. The van der Waals surface area contributed by atoms with Gasteiger partial charge in [0.15, 0.2) is 0 Å². The SMILES string of the molecule is CS(=O)(=O)CC[C@H](C(=O)OCc1ccc2ccccc2c1)N1C(=O)c2cc(Cl)c(Cl)cc2C1=O. The van der Waals surface area contributed by atoms with Crippen LogP contribution < -0.4 is 0 Å². The molecule has 1 heterocycles. The summed E-state index contributed by atoms with van der Waals surface area (Å²) in [7, 11) is -3.49. The Kier molecular flexibility index (Phi) is 6.66. The normalized spacial score (nSPS) is 14.4. The summed E-state index contributed by atoms with van der Waals surface area (Å²) in [5.41, 5.74) is 0.687. The van der Waals surface area contributed by atoms with E-state index in [4.69, 9.17) is 27.9 Å². The van der Waals surface area contributed by atoms with Gasteiger partial charge in [0, 0.05) is 6.26 Å². The lowest BCUT2D eigenvalue weighted by Crippen LogP contribution is -2.46. The lowest BCUT2D eigenvalue weighted by molar-refractivity contribution is -0.149. The fraction of sp³-hybridized carbons (Fsp3) is 0.208. The molecule has 1 aliphatic rings. The number of sulfone groups is 1. The van der Waals surface area contributed by atoms with Gasteiger partial charge >= 0.3 is 5.97 Å². The summed E-state index contributed by atoms with van der Waals surface area (Å²) in [5, 5.41) is 2.13. The monoisotopic (exact) mass is 519 g/mol. The molecule has 0 fully saturated rings. The Balaban J connectivity index is 1.59. The minimum Gasteiger partial charge on any atom is -0.459 e. The van der Waals surface area contributed by atoms with Crippen molar-refractivity contribution in [3.05, 3.63) is 81.3 Å². The Hall–Kier alpha value is -2.94. The highest BCUT2D eigenvalue weighted by molar-refractivity contribution is 7.90. The largest absolute Gasteiger partial charge is 0.459 e. The molecule has 34 heavy (non-hydrogen) atoms. The first kappa shape index (κ1) is 24.2. The van der Waals surface area contributed by atoms with Crippen LogP contribution in [0.15, 0.2) is 54.6 Å². The summed E-state index contributed by atoms with van der Waals surface area (Å²) < 4.78 is 29.0. The lowest BCUT2D eigenvalue weighted by atomic mass is 10.1. The smallest absolute Gasteiger partial charge is 0.329 e. The predicted molar refractivity (Wildman–Crippen MR) is 129 cm³/mol. The number of ether oxygens (including phenoxy) is 1. The molecular weight excluding hydrogens is 501 g/mol. The van der Waals surface area contributed by atoms with Crippen LogP contribution in [-0.4, -0.2) is 49.2 Å². The van der Waals surface area contributed by atoms with Crippen molar-refractivity contribution in [2.75, 3.05) is 12.0 Å². The molecular formula is C24H19Cl2NO6S. The highest BCUT2D eigenvalue weighted by Crippen LogP contribution is 2.33. The number of esters is 1. The van der Waals surface area contributed by atoms with Crippen molar-refractivity contribution in [2.24, 2.45) is 0 Å². The van der Waals surface area contributed by atoms with E-state index >= 15 is 0 Å². The predicted octanol–water partition coefficient (Wildman–Crippen LogP) is 4.29. The Bertz CT molecular complexity index is 1400. The van der Waals surface area contributed by atoms with Crippen LogP contribution in [0.5, 0.6) is 0 Å². The highest BCUT2D eigenvalue weighted by Gasteiger charge is 2.44. The van der Waals surface area contributed by atoms with Crippen molar-refractivity contribution in [3.8, 4) is 0 Å². The third-order valence-corrected chi connectivity index (χ3v) is 7.20. The van der Waals surface area contributed by atoms with Gasteiger partial charge < -0.3 is 4.74 Å². The molecule has 3 aromatic carbocycles. The molecule has 0 saturated heterocycles. The maximum Gasteiger partial charge on any atom is 0.329 e. The molecule has 4 rings (SSSR count). The molecule has 2 amide bonds. The Morgan fingerprint density at radius 2 is 1.53 bits per heavy atom. The second-order valence-electron chi connectivity index (χ2n) is 8.02. The number of hydrogen-bond donors (Lipinski definition) is 0. The van der Waals surface area contributed by atoms with Gasteiger partial charge in [0.2, 0.25) is 0 Å². The number of halogens is 2. The van der Waals surface area contributed by atoms with Crippen molar-refractivity contribution in [1.82, 2.24) is 4.90 Å². The van der Waals surface area contributed by atoms with E-state index in [1.54, 1.807) is 6.07 Å². The first-order chi connectivity index (χ1) is 16.0. The summed E-state index contributed by atoms with van der Waals surface area (Å²) >= 11 is 12.0. The number of hydrogen-bond acceptors (Lipinski definition) is 6. The van der Waals surface area contributed by atoms with Gasteiger partial charge in [0.05, 0.1) is 26.9 Å². The first-order valence-electron chi connectivity index (χ1n) is 10.2. The summed E-state index contributed by atoms with van der Waals surface area (Å²) in [4.78, 5) is 39.8. The van der Waals surface area contributed by atoms with Crippen LogP contribution in [0.25, 0.3) is 10.8 Å². The van der Waals surface area contributed by atoms with Gasteiger partial charge in [-0.25, -0.2) is 13.2 Å². The van der Waals surface area contributed by atoms with Crippen molar-refractivity contribution in [2.45, 2.75) is 19.1 Å². The van der Waals surface area contributed by atoms with Crippen molar-refractivity contribution in [3.63, 3.8) is 0 Å². The van der Waals surface area contributed by atoms with Crippen LogP contribution in [-0.2, 0) is 26.0 Å². The number of fused-ring (bicyclic) bond motifs is 2. The minimum absolute atomic E-state index is 0.00825. The zero-order chi connectivity index (χ0) is 24.6. The van der Waals surface area contributed by atoms with E-state index in [1.165, 1.54) is 12.1 Å². The van der Waals surface area contributed by atoms with Crippen molar-refractivity contribution >= 4 is 61.6 Å². The van der Waals surface area contributed by atoms with E-state index in [0.29, 0.717) is 5.56 Å². The number of imide groups is 1. The lowest BCUT2D eigenvalue weighted by Gasteiger charge is -2.24. The number of benzene rings is 3.